The van der Waals surface area contributed by atoms with E-state index in [4.69, 9.17) is 4.74 Å². The first-order valence-corrected chi connectivity index (χ1v) is 28.8. The fraction of sp³-hybridized carbons (Fsp3) is 0.476. The number of fused-ring (bicyclic) bond motifs is 4. The molecule has 2 aromatic carbocycles. The molecule has 0 spiro atoms. The van der Waals surface area contributed by atoms with Gasteiger partial charge in [0, 0.05) is 139 Å². The number of carbonyl (C=O) groups is 1. The Morgan fingerprint density at radius 3 is 1.52 bits per heavy atom. The molecule has 6 aromatic heterocycles. The molecule has 1 amide bonds. The lowest BCUT2D eigenvalue weighted by atomic mass is 9.69. The number of benzene rings is 2. The number of amides is 1. The van der Waals surface area contributed by atoms with Crippen LogP contribution in [-0.4, -0.2) is 127 Å². The van der Waals surface area contributed by atoms with Gasteiger partial charge in [-0.25, -0.2) is 52.3 Å². The van der Waals surface area contributed by atoms with Crippen LogP contribution in [0.25, 0.3) is 44.3 Å². The van der Waals surface area contributed by atoms with Crippen LogP contribution >= 0.6 is 0 Å². The van der Waals surface area contributed by atoms with Crippen LogP contribution in [0, 0.1) is 47.9 Å². The summed E-state index contributed by atoms with van der Waals surface area (Å²) < 4.78 is 69.5. The lowest BCUT2D eigenvalue weighted by Crippen LogP contribution is -2.70. The zero-order chi connectivity index (χ0) is 58.9. The summed E-state index contributed by atoms with van der Waals surface area (Å²) in [4.78, 5) is 54.9. The summed E-state index contributed by atoms with van der Waals surface area (Å²) in [5.41, 5.74) is 6.49. The maximum absolute atomic E-state index is 15.1. The van der Waals surface area contributed by atoms with Crippen molar-refractivity contribution in [2.24, 2.45) is 10.8 Å². The Labute approximate surface area is 482 Å². The van der Waals surface area contributed by atoms with Gasteiger partial charge >= 0.3 is 6.09 Å². The van der Waals surface area contributed by atoms with Gasteiger partial charge in [-0.1, -0.05) is 13.8 Å². The first kappa shape index (κ1) is 57.5. The summed E-state index contributed by atoms with van der Waals surface area (Å²) in [6.07, 6.45) is 12.3. The molecule has 0 bridgehead atoms. The first-order valence-electron chi connectivity index (χ1n) is 28.8. The summed E-state index contributed by atoms with van der Waals surface area (Å²) in [6.45, 7) is 29.1. The zero-order valence-electron chi connectivity index (χ0n) is 49.4. The molecule has 4 aliphatic heterocycles. The van der Waals surface area contributed by atoms with Crippen molar-refractivity contribution in [2.75, 3.05) is 39.3 Å². The number of pyridine rings is 2. The predicted octanol–water partition coefficient (Wildman–Crippen LogP) is 11.3. The van der Waals surface area contributed by atoms with Crippen molar-refractivity contribution >= 4 is 28.2 Å². The number of halogens is 4. The van der Waals surface area contributed by atoms with Gasteiger partial charge in [0.1, 0.15) is 51.6 Å². The number of nitrogens with one attached hydrogen (secondary N) is 1. The van der Waals surface area contributed by atoms with Gasteiger partial charge in [-0.15, -0.1) is 0 Å². The number of imidazole rings is 2. The quantitative estimate of drug-likeness (QED) is 0.115. The number of nitrogens with zero attached hydrogens (tertiary/aromatic N) is 13. The molecule has 4 aliphatic rings. The lowest BCUT2D eigenvalue weighted by Gasteiger charge is -2.60. The van der Waals surface area contributed by atoms with Gasteiger partial charge in [-0.3, -0.25) is 19.8 Å². The molecule has 1 N–H and O–H groups in total. The number of piperidine rings is 2. The fourth-order valence-electron chi connectivity index (χ4n) is 13.3. The SMILES string of the molecule is Cc1nc2c(F)cc(-c3cc(Cc4ncc(CN5C[C@@]6(C)CN(C(=O)OC(C)(C)C)CC[C@@H]56)cn4)ncc3F)cc2n1C(C)C.Cc1nc2c(F)cc(-c3cc(Cc4ncc(CN5C[C@@]6(C)CNCC[C@@H]56)cn4)ncc3F)cc2n1C(C)C. The Bertz CT molecular complexity index is 3730. The third-order valence-electron chi connectivity index (χ3n) is 16.9. The van der Waals surface area contributed by atoms with Gasteiger partial charge < -0.3 is 24.1 Å². The smallest absolute Gasteiger partial charge is 0.410 e. The second kappa shape index (κ2) is 22.4. The minimum atomic E-state index is -0.528. The largest absolute Gasteiger partial charge is 0.444 e. The number of rotatable bonds is 12. The van der Waals surface area contributed by atoms with E-state index < -0.39 is 28.9 Å². The van der Waals surface area contributed by atoms with E-state index in [0.29, 0.717) is 106 Å². The lowest BCUT2D eigenvalue weighted by molar-refractivity contribution is -0.116. The van der Waals surface area contributed by atoms with Gasteiger partial charge in [0.15, 0.2) is 11.6 Å². The van der Waals surface area contributed by atoms with E-state index in [2.05, 4.69) is 68.8 Å². The minimum Gasteiger partial charge on any atom is -0.444 e. The Morgan fingerprint density at radius 2 is 1.08 bits per heavy atom. The van der Waals surface area contributed by atoms with Crippen LogP contribution in [0.4, 0.5) is 22.4 Å². The van der Waals surface area contributed by atoms with Crippen molar-refractivity contribution in [2.45, 2.75) is 145 Å². The highest BCUT2D eigenvalue weighted by atomic mass is 19.1. The monoisotopic (exact) mass is 1130 g/mol. The van der Waals surface area contributed by atoms with Crippen LogP contribution in [0.5, 0.6) is 0 Å². The van der Waals surface area contributed by atoms with E-state index in [-0.39, 0.29) is 34.7 Å². The Balaban J connectivity index is 0.000000176. The van der Waals surface area contributed by atoms with Crippen LogP contribution in [0.1, 0.15) is 133 Å². The number of aromatic nitrogens is 10. The molecule has 436 valence electrons. The van der Waals surface area contributed by atoms with Crippen molar-refractivity contribution in [1.82, 2.24) is 69.0 Å². The normalized spacial score (nSPS) is 21.0. The predicted molar refractivity (Wildman–Crippen MR) is 310 cm³/mol. The second-order valence-corrected chi connectivity index (χ2v) is 25.4. The van der Waals surface area contributed by atoms with E-state index in [1.807, 2.05) is 101 Å². The van der Waals surface area contributed by atoms with Gasteiger partial charge in [0.05, 0.1) is 36.3 Å². The van der Waals surface area contributed by atoms with E-state index in [9.17, 15) is 13.6 Å². The third-order valence-corrected chi connectivity index (χ3v) is 16.9. The fourth-order valence-corrected chi connectivity index (χ4v) is 13.3. The van der Waals surface area contributed by atoms with Crippen molar-refractivity contribution < 1.29 is 27.1 Å². The van der Waals surface area contributed by atoms with E-state index >= 15 is 8.78 Å². The molecular weight excluding hydrogens is 1060 g/mol. The van der Waals surface area contributed by atoms with Crippen LogP contribution in [0.2, 0.25) is 0 Å². The Kier molecular flexibility index (Phi) is 15.5. The number of likely N-dealkylation sites (tertiary alicyclic amines) is 3. The molecule has 12 rings (SSSR count). The van der Waals surface area contributed by atoms with Crippen LogP contribution in [0.15, 0.2) is 73.6 Å². The summed E-state index contributed by atoms with van der Waals surface area (Å²) in [5.74, 6) is 0.625. The highest BCUT2D eigenvalue weighted by Gasteiger charge is 2.53. The minimum absolute atomic E-state index is 0.0303. The van der Waals surface area contributed by atoms with Gasteiger partial charge in [-0.2, -0.15) is 0 Å². The third kappa shape index (κ3) is 11.7. The molecule has 4 saturated heterocycles. The summed E-state index contributed by atoms with van der Waals surface area (Å²) in [7, 11) is 0. The van der Waals surface area contributed by atoms with Crippen LogP contribution < -0.4 is 5.32 Å². The van der Waals surface area contributed by atoms with Crippen molar-refractivity contribution in [3.8, 4) is 22.3 Å². The first-order chi connectivity index (χ1) is 39.4. The summed E-state index contributed by atoms with van der Waals surface area (Å²) in [5, 5.41) is 3.50. The topological polar surface area (TPSA) is 161 Å². The molecule has 8 aromatic rings. The van der Waals surface area contributed by atoms with Gasteiger partial charge in [0.2, 0.25) is 0 Å². The number of hydrogen-bond acceptors (Lipinski definition) is 13. The molecule has 20 heteroatoms. The van der Waals surface area contributed by atoms with Crippen LogP contribution in [0.3, 0.4) is 0 Å². The number of ether oxygens (including phenoxy) is 1. The molecule has 4 fully saturated rings. The molecule has 0 radical (unpaired) electrons. The van der Waals surface area contributed by atoms with Crippen molar-refractivity contribution in [3.05, 3.63) is 143 Å². The van der Waals surface area contributed by atoms with Gasteiger partial charge in [0.25, 0.3) is 0 Å². The Hall–Kier alpha value is -7.29. The molecule has 4 atom stereocenters. The molecule has 16 nitrogen and oxygen atoms in total. The standard InChI is InChI=1S/C34H41F2N7O2.C29H33F2N7/c1-20(2)43-21(3)40-31-26(35)10-23(11-28(31)43)25-12-24(37-16-27(25)36)13-30-38-14-22(15-39-30)17-42-19-34(7)18-41(9-8-29(34)42)32(44)45-33(4,5)6;1-17(2)38-18(3)36-28-23(30)7-20(8-25(28)38)22-9-21(33-13-24(22)31)10-27-34-11-19(12-35-27)14-37-16-29(4)15-32-6-5-26(29)37/h10-12,14-16,20,29H,8-9,13,17-19H2,1-7H3;7-9,11-13,17,26,32H,5-6,10,14-16H2,1-4H3/t29-,34-;26-,29-/m11/s1. The van der Waals surface area contributed by atoms with Crippen LogP contribution in [-0.2, 0) is 30.7 Å². The zero-order valence-corrected chi connectivity index (χ0v) is 49.4. The number of hydrogen-bond donors (Lipinski definition) is 1. The highest BCUT2D eigenvalue weighted by molar-refractivity contribution is 5.85. The van der Waals surface area contributed by atoms with E-state index in [1.165, 1.54) is 30.9 Å². The number of carbonyl (C=O) groups excluding carboxylic acids is 1. The molecular formula is C63H74F4N14O2. The average Bonchev–Trinajstić information content (AvgIpc) is 4.04. The van der Waals surface area contributed by atoms with Crippen molar-refractivity contribution in [3.63, 3.8) is 0 Å². The Morgan fingerprint density at radius 1 is 0.627 bits per heavy atom. The van der Waals surface area contributed by atoms with Crippen molar-refractivity contribution in [1.29, 1.82) is 0 Å². The molecule has 0 aliphatic carbocycles. The summed E-state index contributed by atoms with van der Waals surface area (Å²) in [6, 6.07) is 10.7. The average molecular weight is 1140 g/mol. The molecule has 0 saturated carbocycles. The van der Waals surface area contributed by atoms with Gasteiger partial charge in [-0.05, 0) is 129 Å². The number of aryl methyl sites for hydroxylation is 2. The maximum atomic E-state index is 15.1. The molecule has 0 unspecified atom stereocenters. The molecule has 10 heterocycles. The summed E-state index contributed by atoms with van der Waals surface area (Å²) >= 11 is 0. The maximum Gasteiger partial charge on any atom is 0.410 e. The van der Waals surface area contributed by atoms with E-state index in [0.717, 1.165) is 62.6 Å². The molecule has 83 heavy (non-hydrogen) atoms. The van der Waals surface area contributed by atoms with E-state index in [1.54, 1.807) is 24.3 Å². The highest BCUT2D eigenvalue weighted by Crippen LogP contribution is 2.45. The second-order valence-electron chi connectivity index (χ2n) is 25.4.